The number of hydrogen-bond donors (Lipinski definition) is 1. The van der Waals surface area contributed by atoms with Crippen LogP contribution in [0.4, 0.5) is 0 Å². The highest BCUT2D eigenvalue weighted by Gasteiger charge is 2.22. The van der Waals surface area contributed by atoms with Crippen molar-refractivity contribution in [2.45, 2.75) is 44.9 Å². The summed E-state index contributed by atoms with van der Waals surface area (Å²) in [6.07, 6.45) is 4.37. The van der Waals surface area contributed by atoms with E-state index in [9.17, 15) is 0 Å². The molecule has 0 radical (unpaired) electrons. The smallest absolute Gasteiger partial charge is 0.0635 e. The highest BCUT2D eigenvalue weighted by atomic mass is 14.9. The number of nitrogens with one attached hydrogen (secondary N) is 1. The van der Waals surface area contributed by atoms with E-state index in [0.29, 0.717) is 6.42 Å². The number of nitrogens with zero attached hydrogens (tertiary/aromatic N) is 1. The van der Waals surface area contributed by atoms with Crippen molar-refractivity contribution in [3.05, 3.63) is 34.9 Å². The summed E-state index contributed by atoms with van der Waals surface area (Å²) in [6, 6.07) is 9.12. The van der Waals surface area contributed by atoms with Crippen molar-refractivity contribution in [2.24, 2.45) is 0 Å². The van der Waals surface area contributed by atoms with E-state index >= 15 is 0 Å². The van der Waals surface area contributed by atoms with E-state index < -0.39 is 0 Å². The van der Waals surface area contributed by atoms with Gasteiger partial charge in [0, 0.05) is 24.9 Å². The van der Waals surface area contributed by atoms with Crippen LogP contribution in [0.25, 0.3) is 0 Å². The molecular weight excluding hydrogens is 220 g/mol. The van der Waals surface area contributed by atoms with Crippen LogP contribution in [0.2, 0.25) is 0 Å². The van der Waals surface area contributed by atoms with Gasteiger partial charge in [0.15, 0.2) is 0 Å². The fourth-order valence-corrected chi connectivity index (χ4v) is 2.64. The maximum Gasteiger partial charge on any atom is 0.0635 e. The van der Waals surface area contributed by atoms with Crippen LogP contribution in [0, 0.1) is 11.3 Å². The Balaban J connectivity index is 2.03. The summed E-state index contributed by atoms with van der Waals surface area (Å²) in [4.78, 5) is 0. The summed E-state index contributed by atoms with van der Waals surface area (Å²) in [7, 11) is 0. The summed E-state index contributed by atoms with van der Waals surface area (Å²) >= 11 is 0. The van der Waals surface area contributed by atoms with Gasteiger partial charge in [-0.3, -0.25) is 0 Å². The van der Waals surface area contributed by atoms with Gasteiger partial charge in [-0.25, -0.2) is 0 Å². The molecule has 2 nitrogen and oxygen atoms in total. The molecule has 0 bridgehead atoms. The zero-order valence-corrected chi connectivity index (χ0v) is 11.4. The van der Waals surface area contributed by atoms with Gasteiger partial charge in [0.05, 0.1) is 6.07 Å². The van der Waals surface area contributed by atoms with Crippen molar-refractivity contribution in [3.8, 4) is 6.07 Å². The molecule has 0 aromatic heterocycles. The molecular formula is C16H22N2. The Morgan fingerprint density at radius 3 is 2.83 bits per heavy atom. The average molecular weight is 242 g/mol. The lowest BCUT2D eigenvalue weighted by atomic mass is 9.83. The molecule has 0 aliphatic heterocycles. The molecule has 0 heterocycles. The van der Waals surface area contributed by atoms with Crippen molar-refractivity contribution in [1.82, 2.24) is 5.32 Å². The number of aryl methyl sites for hydroxylation is 2. The maximum atomic E-state index is 8.53. The van der Waals surface area contributed by atoms with Crippen molar-refractivity contribution in [3.63, 3.8) is 0 Å². The lowest BCUT2D eigenvalue weighted by molar-refractivity contribution is 0.473. The second-order valence-corrected chi connectivity index (χ2v) is 5.81. The minimum Gasteiger partial charge on any atom is -0.315 e. The monoisotopic (exact) mass is 242 g/mol. The van der Waals surface area contributed by atoms with Crippen molar-refractivity contribution < 1.29 is 0 Å². The van der Waals surface area contributed by atoms with E-state index in [2.05, 4.69) is 43.4 Å². The number of fused-ring (bicyclic) bond motifs is 1. The molecule has 2 heteroatoms. The van der Waals surface area contributed by atoms with Crippen molar-refractivity contribution in [1.29, 1.82) is 5.26 Å². The summed E-state index contributed by atoms with van der Waals surface area (Å²) in [5.74, 6) is 0. The molecule has 0 fully saturated rings. The van der Waals surface area contributed by atoms with E-state index in [4.69, 9.17) is 5.26 Å². The maximum absolute atomic E-state index is 8.53. The Kier molecular flexibility index (Phi) is 4.04. The van der Waals surface area contributed by atoms with Gasteiger partial charge < -0.3 is 5.32 Å². The van der Waals surface area contributed by atoms with Gasteiger partial charge in [-0.15, -0.1) is 0 Å². The van der Waals surface area contributed by atoms with Crippen LogP contribution < -0.4 is 5.32 Å². The molecule has 96 valence electrons. The Hall–Kier alpha value is -1.33. The van der Waals surface area contributed by atoms with Crippen molar-refractivity contribution in [2.75, 3.05) is 13.1 Å². The zero-order valence-electron chi connectivity index (χ0n) is 11.4. The predicted octanol–water partition coefficient (Wildman–Crippen LogP) is 2.96. The third kappa shape index (κ3) is 2.91. The number of benzene rings is 1. The van der Waals surface area contributed by atoms with Gasteiger partial charge in [0.1, 0.15) is 0 Å². The van der Waals surface area contributed by atoms with Crippen LogP contribution in [-0.2, 0) is 18.3 Å². The minimum absolute atomic E-state index is 0.132. The number of rotatable bonds is 5. The highest BCUT2D eigenvalue weighted by molar-refractivity contribution is 5.38. The average Bonchev–Trinajstić information content (AvgIpc) is 2.82. The van der Waals surface area contributed by atoms with Crippen LogP contribution >= 0.6 is 0 Å². The van der Waals surface area contributed by atoms with Gasteiger partial charge in [-0.2, -0.15) is 5.26 Å². The molecule has 0 unspecified atom stereocenters. The molecule has 1 aliphatic rings. The number of hydrogen-bond acceptors (Lipinski definition) is 2. The van der Waals surface area contributed by atoms with Crippen LogP contribution in [0.1, 0.15) is 43.4 Å². The molecule has 0 saturated heterocycles. The summed E-state index contributed by atoms with van der Waals surface area (Å²) in [6.45, 7) is 6.24. The molecule has 1 aromatic rings. The first-order valence-corrected chi connectivity index (χ1v) is 6.83. The Morgan fingerprint density at radius 1 is 1.28 bits per heavy atom. The quantitative estimate of drug-likeness (QED) is 0.806. The molecule has 0 spiro atoms. The second kappa shape index (κ2) is 5.54. The molecule has 1 aromatic carbocycles. The van der Waals surface area contributed by atoms with Crippen LogP contribution in [0.5, 0.6) is 0 Å². The fourth-order valence-electron chi connectivity index (χ4n) is 2.64. The normalized spacial score (nSPS) is 14.3. The highest BCUT2D eigenvalue weighted by Crippen LogP contribution is 2.29. The molecule has 0 atom stereocenters. The third-order valence-corrected chi connectivity index (χ3v) is 3.86. The van der Waals surface area contributed by atoms with Gasteiger partial charge in [0.25, 0.3) is 0 Å². The molecule has 0 amide bonds. The van der Waals surface area contributed by atoms with Crippen molar-refractivity contribution >= 4 is 0 Å². The first-order chi connectivity index (χ1) is 8.63. The largest absolute Gasteiger partial charge is 0.315 e. The van der Waals surface area contributed by atoms with E-state index in [-0.39, 0.29) is 5.41 Å². The predicted molar refractivity (Wildman–Crippen MR) is 74.6 cm³/mol. The fraction of sp³-hybridized carbons (Fsp3) is 0.562. The van der Waals surface area contributed by atoms with Crippen LogP contribution in [0.3, 0.4) is 0 Å². The minimum atomic E-state index is 0.132. The van der Waals surface area contributed by atoms with Gasteiger partial charge in [-0.1, -0.05) is 32.0 Å². The molecule has 2 rings (SSSR count). The topological polar surface area (TPSA) is 35.8 Å². The summed E-state index contributed by atoms with van der Waals surface area (Å²) < 4.78 is 0. The van der Waals surface area contributed by atoms with Gasteiger partial charge in [0.2, 0.25) is 0 Å². The van der Waals surface area contributed by atoms with E-state index in [0.717, 1.165) is 13.1 Å². The van der Waals surface area contributed by atoms with Crippen LogP contribution in [0.15, 0.2) is 18.2 Å². The zero-order chi connectivity index (χ0) is 13.0. The lowest BCUT2D eigenvalue weighted by Crippen LogP contribution is -2.33. The Labute approximate surface area is 110 Å². The molecule has 18 heavy (non-hydrogen) atoms. The lowest BCUT2D eigenvalue weighted by Gasteiger charge is -2.26. The SMILES string of the molecule is CC(C)(CNCCC#N)c1ccc2c(c1)CCC2. The van der Waals surface area contributed by atoms with Crippen LogP contribution in [-0.4, -0.2) is 13.1 Å². The second-order valence-electron chi connectivity index (χ2n) is 5.81. The Morgan fingerprint density at radius 2 is 2.06 bits per heavy atom. The molecule has 1 aliphatic carbocycles. The molecule has 1 N–H and O–H groups in total. The Bertz CT molecular complexity index is 455. The van der Waals surface area contributed by atoms with E-state index in [1.54, 1.807) is 0 Å². The third-order valence-electron chi connectivity index (χ3n) is 3.86. The standard InChI is InChI=1S/C16H22N2/c1-16(2,12-18-10-4-9-17)15-8-7-13-5-3-6-14(13)11-15/h7-8,11,18H,3-6,10,12H2,1-2H3. The molecule has 0 saturated carbocycles. The first-order valence-electron chi connectivity index (χ1n) is 6.83. The summed E-state index contributed by atoms with van der Waals surface area (Å²) in [5, 5.41) is 11.9. The van der Waals surface area contributed by atoms with Gasteiger partial charge >= 0.3 is 0 Å². The first kappa shape index (κ1) is 13.1. The summed E-state index contributed by atoms with van der Waals surface area (Å²) in [5.41, 5.74) is 4.62. The number of nitriles is 1. The van der Waals surface area contributed by atoms with E-state index in [1.807, 2.05) is 0 Å². The van der Waals surface area contributed by atoms with E-state index in [1.165, 1.54) is 36.0 Å². The van der Waals surface area contributed by atoms with Gasteiger partial charge in [-0.05, 0) is 36.0 Å².